The molecule has 0 bridgehead atoms. The molecule has 7 heteroatoms. The van der Waals surface area contributed by atoms with Crippen LogP contribution in [0, 0.1) is 18.7 Å². The third kappa shape index (κ3) is 4.90. The second-order valence-electron chi connectivity index (χ2n) is 7.69. The minimum atomic E-state index is -0.241. The molecule has 0 saturated carbocycles. The lowest BCUT2D eigenvalue weighted by molar-refractivity contribution is -0.134. The molecular formula is C22H29FN4O2. The van der Waals surface area contributed by atoms with Crippen LogP contribution in [0.5, 0.6) is 0 Å². The van der Waals surface area contributed by atoms with E-state index in [1.165, 1.54) is 6.07 Å². The average Bonchev–Trinajstić information content (AvgIpc) is 2.71. The molecule has 2 heterocycles. The van der Waals surface area contributed by atoms with Gasteiger partial charge in [-0.3, -0.25) is 4.79 Å². The van der Waals surface area contributed by atoms with Crippen LogP contribution in [0.3, 0.4) is 0 Å². The van der Waals surface area contributed by atoms with Gasteiger partial charge in [0.2, 0.25) is 5.91 Å². The van der Waals surface area contributed by atoms with Crippen molar-refractivity contribution in [3.8, 4) is 0 Å². The zero-order chi connectivity index (χ0) is 21.0. The highest BCUT2D eigenvalue weighted by atomic mass is 19.1. The number of benzene rings is 1. The predicted molar refractivity (Wildman–Crippen MR) is 110 cm³/mol. The van der Waals surface area contributed by atoms with Crippen molar-refractivity contribution in [3.05, 3.63) is 52.7 Å². The SMILES string of the molecule is COCc1nc(C)nc(N2CCN(C(=O)C(C)C)CC2)c1Cc1ccccc1F. The van der Waals surface area contributed by atoms with Gasteiger partial charge in [0.25, 0.3) is 0 Å². The molecule has 0 spiro atoms. The van der Waals surface area contributed by atoms with Gasteiger partial charge in [-0.1, -0.05) is 32.0 Å². The lowest BCUT2D eigenvalue weighted by atomic mass is 10.0. The third-order valence-corrected chi connectivity index (χ3v) is 5.17. The highest BCUT2D eigenvalue weighted by Gasteiger charge is 2.26. The Morgan fingerprint density at radius 2 is 1.86 bits per heavy atom. The number of ether oxygens (including phenoxy) is 1. The molecule has 0 radical (unpaired) electrons. The number of carbonyl (C=O) groups excluding carboxylic acids is 1. The van der Waals surface area contributed by atoms with E-state index in [9.17, 15) is 9.18 Å². The van der Waals surface area contributed by atoms with Crippen molar-refractivity contribution in [3.63, 3.8) is 0 Å². The molecule has 1 aliphatic heterocycles. The molecular weight excluding hydrogens is 371 g/mol. The zero-order valence-corrected chi connectivity index (χ0v) is 17.6. The Morgan fingerprint density at radius 1 is 1.17 bits per heavy atom. The van der Waals surface area contributed by atoms with Gasteiger partial charge < -0.3 is 14.5 Å². The Balaban J connectivity index is 1.92. The maximum Gasteiger partial charge on any atom is 0.225 e. The molecule has 0 atom stereocenters. The first kappa shape index (κ1) is 21.2. The third-order valence-electron chi connectivity index (χ3n) is 5.17. The summed E-state index contributed by atoms with van der Waals surface area (Å²) in [6.45, 7) is 8.72. The monoisotopic (exact) mass is 400 g/mol. The number of hydrogen-bond donors (Lipinski definition) is 0. The van der Waals surface area contributed by atoms with Crippen LogP contribution >= 0.6 is 0 Å². The van der Waals surface area contributed by atoms with Crippen LogP contribution in [0.1, 0.15) is 36.5 Å². The van der Waals surface area contributed by atoms with Crippen molar-refractivity contribution in [1.82, 2.24) is 14.9 Å². The maximum absolute atomic E-state index is 14.3. The molecule has 3 rings (SSSR count). The number of hydrogen-bond acceptors (Lipinski definition) is 5. The quantitative estimate of drug-likeness (QED) is 0.746. The Kier molecular flexibility index (Phi) is 6.79. The van der Waals surface area contributed by atoms with Crippen molar-refractivity contribution < 1.29 is 13.9 Å². The van der Waals surface area contributed by atoms with Gasteiger partial charge in [0.1, 0.15) is 17.5 Å². The molecule has 6 nitrogen and oxygen atoms in total. The standard InChI is InChI=1S/C22H29FN4O2/c1-15(2)22(28)27-11-9-26(10-12-27)21-18(13-17-7-5-6-8-19(17)23)20(14-29-4)24-16(3)25-21/h5-8,15H,9-14H2,1-4H3. The molecule has 1 saturated heterocycles. The van der Waals surface area contributed by atoms with E-state index in [-0.39, 0.29) is 17.6 Å². The summed E-state index contributed by atoms with van der Waals surface area (Å²) in [5.74, 6) is 1.40. The number of aryl methyl sites for hydroxylation is 1. The summed E-state index contributed by atoms with van der Waals surface area (Å²) in [4.78, 5) is 25.6. The number of rotatable bonds is 6. The highest BCUT2D eigenvalue weighted by Crippen LogP contribution is 2.27. The fourth-order valence-electron chi connectivity index (χ4n) is 3.67. The van der Waals surface area contributed by atoms with Crippen LogP contribution in [0.2, 0.25) is 0 Å². The van der Waals surface area contributed by atoms with Gasteiger partial charge in [-0.15, -0.1) is 0 Å². The Hall–Kier alpha value is -2.54. The second kappa shape index (κ2) is 9.31. The number of aromatic nitrogens is 2. The fraction of sp³-hybridized carbons (Fsp3) is 0.500. The normalized spacial score (nSPS) is 14.6. The number of carbonyl (C=O) groups is 1. The first-order valence-electron chi connectivity index (χ1n) is 10.0. The number of halogens is 1. The molecule has 1 aliphatic rings. The van der Waals surface area contributed by atoms with E-state index in [0.717, 1.165) is 17.1 Å². The molecule has 2 aromatic rings. The van der Waals surface area contributed by atoms with Crippen LogP contribution < -0.4 is 4.90 Å². The van der Waals surface area contributed by atoms with E-state index in [4.69, 9.17) is 9.72 Å². The maximum atomic E-state index is 14.3. The number of nitrogens with zero attached hydrogens (tertiary/aromatic N) is 4. The van der Waals surface area contributed by atoms with E-state index >= 15 is 0 Å². The highest BCUT2D eigenvalue weighted by molar-refractivity contribution is 5.78. The molecule has 0 N–H and O–H groups in total. The van der Waals surface area contributed by atoms with E-state index in [2.05, 4.69) is 9.88 Å². The van der Waals surface area contributed by atoms with Gasteiger partial charge in [-0.05, 0) is 18.6 Å². The summed E-state index contributed by atoms with van der Waals surface area (Å²) in [6, 6.07) is 6.77. The molecule has 156 valence electrons. The van der Waals surface area contributed by atoms with Crippen molar-refractivity contribution in [2.75, 3.05) is 38.2 Å². The minimum Gasteiger partial charge on any atom is -0.378 e. The summed E-state index contributed by atoms with van der Waals surface area (Å²) >= 11 is 0. The summed E-state index contributed by atoms with van der Waals surface area (Å²) < 4.78 is 19.7. The number of piperazine rings is 1. The van der Waals surface area contributed by atoms with Gasteiger partial charge >= 0.3 is 0 Å². The summed E-state index contributed by atoms with van der Waals surface area (Å²) in [6.07, 6.45) is 0.395. The largest absolute Gasteiger partial charge is 0.378 e. The molecule has 0 aliphatic carbocycles. The van der Waals surface area contributed by atoms with Crippen LogP contribution in [0.4, 0.5) is 10.2 Å². The summed E-state index contributed by atoms with van der Waals surface area (Å²) in [5, 5.41) is 0. The van der Waals surface area contributed by atoms with Crippen LogP contribution in [0.25, 0.3) is 0 Å². The van der Waals surface area contributed by atoms with Gasteiger partial charge in [-0.2, -0.15) is 0 Å². The lowest BCUT2D eigenvalue weighted by Crippen LogP contribution is -2.50. The number of amides is 1. The lowest BCUT2D eigenvalue weighted by Gasteiger charge is -2.37. The molecule has 1 fully saturated rings. The molecule has 0 unspecified atom stereocenters. The first-order chi connectivity index (χ1) is 13.9. The van der Waals surface area contributed by atoms with Gasteiger partial charge in [0, 0.05) is 51.2 Å². The number of methoxy groups -OCH3 is 1. The van der Waals surface area contributed by atoms with Crippen LogP contribution in [0.15, 0.2) is 24.3 Å². The smallest absolute Gasteiger partial charge is 0.225 e. The van der Waals surface area contributed by atoms with Gasteiger partial charge in [0.15, 0.2) is 0 Å². The second-order valence-corrected chi connectivity index (χ2v) is 7.69. The van der Waals surface area contributed by atoms with Crippen molar-refractivity contribution in [2.45, 2.75) is 33.8 Å². The van der Waals surface area contributed by atoms with Gasteiger partial charge in [0.05, 0.1) is 12.3 Å². The van der Waals surface area contributed by atoms with E-state index < -0.39 is 0 Å². The fourth-order valence-corrected chi connectivity index (χ4v) is 3.67. The molecule has 1 amide bonds. The molecule has 1 aromatic heterocycles. The van der Waals surface area contributed by atoms with Crippen molar-refractivity contribution >= 4 is 11.7 Å². The first-order valence-corrected chi connectivity index (χ1v) is 10.0. The minimum absolute atomic E-state index is 0.00670. The Labute approximate surface area is 171 Å². The van der Waals surface area contributed by atoms with Gasteiger partial charge in [-0.25, -0.2) is 14.4 Å². The average molecular weight is 400 g/mol. The van der Waals surface area contributed by atoms with Crippen LogP contribution in [-0.2, 0) is 22.6 Å². The van der Waals surface area contributed by atoms with E-state index in [1.807, 2.05) is 31.7 Å². The topological polar surface area (TPSA) is 58.6 Å². The summed E-state index contributed by atoms with van der Waals surface area (Å²) in [5.41, 5.74) is 2.26. The van der Waals surface area contributed by atoms with E-state index in [0.29, 0.717) is 50.6 Å². The predicted octanol–water partition coefficient (Wildman–Crippen LogP) is 2.97. The van der Waals surface area contributed by atoms with E-state index in [1.54, 1.807) is 19.2 Å². The number of anilines is 1. The molecule has 29 heavy (non-hydrogen) atoms. The Morgan fingerprint density at radius 3 is 2.48 bits per heavy atom. The summed E-state index contributed by atoms with van der Waals surface area (Å²) in [7, 11) is 1.63. The molecule has 1 aromatic carbocycles. The van der Waals surface area contributed by atoms with Crippen molar-refractivity contribution in [1.29, 1.82) is 0 Å². The Bertz CT molecular complexity index is 864. The zero-order valence-electron chi connectivity index (χ0n) is 17.6. The van der Waals surface area contributed by atoms with Crippen LogP contribution in [-0.4, -0.2) is 54.1 Å². The van der Waals surface area contributed by atoms with Crippen molar-refractivity contribution in [2.24, 2.45) is 5.92 Å².